The van der Waals surface area contributed by atoms with E-state index in [-0.39, 0.29) is 39.5 Å². The molecule has 3 atom stereocenters. The number of phenols is 3. The summed E-state index contributed by atoms with van der Waals surface area (Å²) in [6.45, 7) is 4.57. The van der Waals surface area contributed by atoms with Crippen molar-refractivity contribution in [1.29, 1.82) is 0 Å². The average molecular weight is 488 g/mol. The van der Waals surface area contributed by atoms with Crippen LogP contribution in [0.1, 0.15) is 68.6 Å². The van der Waals surface area contributed by atoms with Crippen molar-refractivity contribution in [1.82, 2.24) is 0 Å². The number of hydrogen-bond donors (Lipinski definition) is 3. The molecule has 9 heteroatoms. The van der Waals surface area contributed by atoms with Crippen molar-refractivity contribution in [3.63, 3.8) is 0 Å². The molecule has 9 nitrogen and oxygen atoms in total. The molecule has 3 aliphatic rings. The minimum absolute atomic E-state index is 0.0903. The van der Waals surface area contributed by atoms with Crippen LogP contribution in [-0.2, 0) is 0 Å². The first-order chi connectivity index (χ1) is 16.9. The highest BCUT2D eigenvalue weighted by Crippen LogP contribution is 2.62. The van der Waals surface area contributed by atoms with E-state index < -0.39 is 51.6 Å². The van der Waals surface area contributed by atoms with Crippen LogP contribution < -0.4 is 10.4 Å². The molecule has 6 rings (SSSR count). The molecule has 1 fully saturated rings. The molecule has 1 aromatic heterocycles. The zero-order chi connectivity index (χ0) is 25.8. The van der Waals surface area contributed by atoms with E-state index in [1.807, 2.05) is 0 Å². The molecule has 2 aliphatic carbocycles. The minimum Gasteiger partial charge on any atom is -0.508 e. The highest BCUT2D eigenvalue weighted by molar-refractivity contribution is 6.28. The Morgan fingerprint density at radius 3 is 2.39 bits per heavy atom. The van der Waals surface area contributed by atoms with Crippen LogP contribution in [0, 0.1) is 12.8 Å². The van der Waals surface area contributed by atoms with Crippen molar-refractivity contribution in [3.05, 3.63) is 68.3 Å². The van der Waals surface area contributed by atoms with Gasteiger partial charge in [-0.2, -0.15) is 0 Å². The predicted octanol–water partition coefficient (Wildman–Crippen LogP) is 3.68. The number of carbonyl (C=O) groups is 3. The van der Waals surface area contributed by atoms with Gasteiger partial charge in [0.15, 0.2) is 28.7 Å². The number of aryl methyl sites for hydroxylation is 1. The Labute approximate surface area is 203 Å². The van der Waals surface area contributed by atoms with E-state index in [0.717, 1.165) is 6.08 Å². The lowest BCUT2D eigenvalue weighted by Crippen LogP contribution is -2.39. The Bertz CT molecular complexity index is 1690. The number of rotatable bonds is 2. The summed E-state index contributed by atoms with van der Waals surface area (Å²) in [5.41, 5.74) is -2.65. The monoisotopic (exact) mass is 488 g/mol. The topological polar surface area (TPSA) is 151 Å². The number of ether oxygens (including phenoxy) is 1. The summed E-state index contributed by atoms with van der Waals surface area (Å²) < 4.78 is 11.0. The van der Waals surface area contributed by atoms with E-state index in [0.29, 0.717) is 23.1 Å². The zero-order valence-electron chi connectivity index (χ0n) is 19.5. The predicted molar refractivity (Wildman–Crippen MR) is 125 cm³/mol. The molecule has 3 N–H and O–H groups in total. The van der Waals surface area contributed by atoms with Crippen LogP contribution in [0.4, 0.5) is 0 Å². The number of fused-ring (bicyclic) bond motifs is 3. The van der Waals surface area contributed by atoms with E-state index in [2.05, 4.69) is 0 Å². The lowest BCUT2D eigenvalue weighted by molar-refractivity contribution is 0.0529. The quantitative estimate of drug-likeness (QED) is 0.459. The highest BCUT2D eigenvalue weighted by Gasteiger charge is 2.62. The molecule has 0 saturated heterocycles. The molecular formula is C27H20O9. The number of carbonyl (C=O) groups excluding carboxylic acids is 3. The molecule has 2 aromatic carbocycles. The van der Waals surface area contributed by atoms with Gasteiger partial charge in [0, 0.05) is 11.5 Å². The molecule has 36 heavy (non-hydrogen) atoms. The maximum Gasteiger partial charge on any atom is 0.343 e. The number of allylic oxidation sites excluding steroid dienone is 2. The van der Waals surface area contributed by atoms with Gasteiger partial charge in [-0.25, -0.2) is 4.79 Å². The van der Waals surface area contributed by atoms with E-state index in [9.17, 15) is 34.5 Å². The molecule has 2 heterocycles. The molecule has 2 unspecified atom stereocenters. The standard InChI is InChI=1S/C27H20O9/c1-9-4-17(29)18-19(21(9)30)23(32)24-20(22(18)31)25(33)27(3,36-24)15-7-13(15)14-6-11-5-10(2)35-26(34)12(11)8-16(14)28/h4-6,8,13,15,28,31-32H,7H2,1-3H3/t13?,15-,27?/m0/s1. The first-order valence-electron chi connectivity index (χ1n) is 11.3. The van der Waals surface area contributed by atoms with Crippen molar-refractivity contribution in [2.24, 2.45) is 5.92 Å². The smallest absolute Gasteiger partial charge is 0.343 e. The summed E-state index contributed by atoms with van der Waals surface area (Å²) >= 11 is 0. The molecule has 0 radical (unpaired) electrons. The lowest BCUT2D eigenvalue weighted by atomic mass is 9.84. The number of Topliss-reactive ketones (excluding diaryl/α,β-unsaturated/α-hetero) is 2. The van der Waals surface area contributed by atoms with Gasteiger partial charge in [-0.05, 0) is 68.3 Å². The van der Waals surface area contributed by atoms with Gasteiger partial charge in [-0.1, -0.05) is 0 Å². The molecule has 0 bridgehead atoms. The Morgan fingerprint density at radius 2 is 1.67 bits per heavy atom. The van der Waals surface area contributed by atoms with Crippen molar-refractivity contribution in [2.45, 2.75) is 38.7 Å². The van der Waals surface area contributed by atoms with E-state index in [4.69, 9.17) is 9.15 Å². The van der Waals surface area contributed by atoms with E-state index in [1.165, 1.54) is 19.9 Å². The zero-order valence-corrected chi connectivity index (χ0v) is 19.5. The molecule has 0 spiro atoms. The van der Waals surface area contributed by atoms with Crippen LogP contribution in [0.5, 0.6) is 23.0 Å². The van der Waals surface area contributed by atoms with Crippen molar-refractivity contribution >= 4 is 28.1 Å². The van der Waals surface area contributed by atoms with Gasteiger partial charge in [0.25, 0.3) is 0 Å². The molecule has 1 aliphatic heterocycles. The normalized spacial score (nSPS) is 24.4. The van der Waals surface area contributed by atoms with Crippen LogP contribution >= 0.6 is 0 Å². The second-order valence-corrected chi connectivity index (χ2v) is 9.80. The summed E-state index contributed by atoms with van der Waals surface area (Å²) in [5, 5.41) is 33.2. The summed E-state index contributed by atoms with van der Waals surface area (Å²) in [4.78, 5) is 50.9. The third-order valence-electron chi connectivity index (χ3n) is 7.50. The molecule has 182 valence electrons. The summed E-state index contributed by atoms with van der Waals surface area (Å²) in [6.07, 6.45) is 1.49. The van der Waals surface area contributed by atoms with Crippen LogP contribution in [0.25, 0.3) is 10.8 Å². The van der Waals surface area contributed by atoms with Crippen LogP contribution in [0.2, 0.25) is 0 Å². The third-order valence-corrected chi connectivity index (χ3v) is 7.50. The second-order valence-electron chi connectivity index (χ2n) is 9.80. The largest absolute Gasteiger partial charge is 0.508 e. The fraction of sp³-hybridized carbons (Fsp3) is 0.259. The van der Waals surface area contributed by atoms with Gasteiger partial charge in [0.1, 0.15) is 22.8 Å². The van der Waals surface area contributed by atoms with Crippen molar-refractivity contribution in [2.75, 3.05) is 0 Å². The van der Waals surface area contributed by atoms with Gasteiger partial charge in [0.05, 0.1) is 16.5 Å². The maximum absolute atomic E-state index is 13.6. The molecular weight excluding hydrogens is 468 g/mol. The number of aromatic hydroxyl groups is 3. The first-order valence-corrected chi connectivity index (χ1v) is 11.3. The fourth-order valence-electron chi connectivity index (χ4n) is 5.57. The summed E-state index contributed by atoms with van der Waals surface area (Å²) in [5.74, 6) is -4.15. The SMILES string of the molecule is CC1=CC(=O)c2c(O)c3c(c(O)c2C1=O)OC(C)([C@H]1CC1c1cc2cc(C)oc(=O)c2cc1O)C3=O. The molecule has 3 aromatic rings. The van der Waals surface area contributed by atoms with Gasteiger partial charge in [-0.3, -0.25) is 14.4 Å². The van der Waals surface area contributed by atoms with Crippen LogP contribution in [0.3, 0.4) is 0 Å². The van der Waals surface area contributed by atoms with Crippen LogP contribution in [-0.4, -0.2) is 38.3 Å². The molecule has 1 saturated carbocycles. The Morgan fingerprint density at radius 1 is 0.944 bits per heavy atom. The van der Waals surface area contributed by atoms with Crippen LogP contribution in [0.15, 0.2) is 39.1 Å². The van der Waals surface area contributed by atoms with Gasteiger partial charge >= 0.3 is 5.63 Å². The lowest BCUT2D eigenvalue weighted by Gasteiger charge is -2.23. The van der Waals surface area contributed by atoms with Crippen molar-refractivity contribution in [3.8, 4) is 23.0 Å². The minimum atomic E-state index is -1.53. The molecule has 0 amide bonds. The van der Waals surface area contributed by atoms with Gasteiger partial charge in [-0.15, -0.1) is 0 Å². The Hall–Kier alpha value is -4.40. The third kappa shape index (κ3) is 2.71. The van der Waals surface area contributed by atoms with Gasteiger partial charge < -0.3 is 24.5 Å². The maximum atomic E-state index is 13.6. The van der Waals surface area contributed by atoms with Gasteiger partial charge in [0.2, 0.25) is 5.78 Å². The summed E-state index contributed by atoms with van der Waals surface area (Å²) in [6, 6.07) is 4.68. The number of benzene rings is 2. The first kappa shape index (κ1) is 22.1. The second kappa shape index (κ2) is 6.84. The highest BCUT2D eigenvalue weighted by atomic mass is 16.5. The van der Waals surface area contributed by atoms with Crippen molar-refractivity contribution < 1.29 is 38.9 Å². The van der Waals surface area contributed by atoms with E-state index >= 15 is 0 Å². The number of hydrogen-bond acceptors (Lipinski definition) is 9. The Kier molecular flexibility index (Phi) is 4.20. The van der Waals surface area contributed by atoms with E-state index in [1.54, 1.807) is 19.1 Å². The average Bonchev–Trinajstić information content (AvgIpc) is 3.55. The number of ketones is 3. The fourth-order valence-corrected chi connectivity index (χ4v) is 5.57. The summed E-state index contributed by atoms with van der Waals surface area (Å²) in [7, 11) is 0. The Balaban J connectivity index is 1.42. The number of phenolic OH excluding ortho intramolecular Hbond substituents is 3.